The van der Waals surface area contributed by atoms with Gasteiger partial charge < -0.3 is 4.74 Å². The maximum atomic E-state index is 10.7. The largest absolute Gasteiger partial charge is 0.490 e. The number of nitrogens with zero attached hydrogens (tertiary/aromatic N) is 3. The van der Waals surface area contributed by atoms with Crippen LogP contribution in [0.5, 0.6) is 5.75 Å². The van der Waals surface area contributed by atoms with Crippen LogP contribution in [0.15, 0.2) is 23.1 Å². The summed E-state index contributed by atoms with van der Waals surface area (Å²) in [5.41, 5.74) is 0.494. The Hall–Kier alpha value is -1.63. The second-order valence-electron chi connectivity index (χ2n) is 2.79. The Balaban J connectivity index is 2.77. The SMILES string of the molecule is COc1cc2ncc(Br)n2cc1[N+](=O)[O-]. The van der Waals surface area contributed by atoms with Gasteiger partial charge in [0, 0.05) is 6.07 Å². The molecular formula is C8H6BrN3O3. The molecule has 0 aliphatic carbocycles. The molecular weight excluding hydrogens is 266 g/mol. The lowest BCUT2D eigenvalue weighted by atomic mass is 10.4. The summed E-state index contributed by atoms with van der Waals surface area (Å²) in [5, 5.41) is 10.7. The van der Waals surface area contributed by atoms with Gasteiger partial charge in [-0.2, -0.15) is 0 Å². The number of halogens is 1. The fourth-order valence-electron chi connectivity index (χ4n) is 1.27. The number of methoxy groups -OCH3 is 1. The van der Waals surface area contributed by atoms with Crippen LogP contribution in [0, 0.1) is 10.1 Å². The maximum Gasteiger partial charge on any atom is 0.327 e. The third-order valence-electron chi connectivity index (χ3n) is 1.96. The first-order valence-electron chi connectivity index (χ1n) is 3.98. The minimum absolute atomic E-state index is 0.0938. The van der Waals surface area contributed by atoms with E-state index in [-0.39, 0.29) is 11.4 Å². The van der Waals surface area contributed by atoms with Crippen molar-refractivity contribution in [1.82, 2.24) is 9.38 Å². The molecule has 0 spiro atoms. The molecule has 0 aliphatic heterocycles. The van der Waals surface area contributed by atoms with E-state index in [1.165, 1.54) is 19.4 Å². The Labute approximate surface area is 92.8 Å². The van der Waals surface area contributed by atoms with Gasteiger partial charge in [-0.1, -0.05) is 0 Å². The quantitative estimate of drug-likeness (QED) is 0.619. The van der Waals surface area contributed by atoms with Crippen molar-refractivity contribution in [3.05, 3.63) is 33.2 Å². The molecule has 0 atom stereocenters. The lowest BCUT2D eigenvalue weighted by molar-refractivity contribution is -0.386. The van der Waals surface area contributed by atoms with E-state index in [1.54, 1.807) is 10.6 Å². The number of rotatable bonds is 2. The van der Waals surface area contributed by atoms with Crippen molar-refractivity contribution in [2.24, 2.45) is 0 Å². The number of nitro groups is 1. The molecule has 0 N–H and O–H groups in total. The molecule has 2 aromatic rings. The van der Waals surface area contributed by atoms with Gasteiger partial charge in [0.15, 0.2) is 0 Å². The summed E-state index contributed by atoms with van der Waals surface area (Å²) < 4.78 is 7.14. The molecule has 0 unspecified atom stereocenters. The average Bonchev–Trinajstić information content (AvgIpc) is 2.58. The van der Waals surface area contributed by atoms with Gasteiger partial charge in [-0.15, -0.1) is 0 Å². The summed E-state index contributed by atoms with van der Waals surface area (Å²) in [6.07, 6.45) is 2.93. The number of fused-ring (bicyclic) bond motifs is 1. The lowest BCUT2D eigenvalue weighted by Crippen LogP contribution is -1.97. The number of pyridine rings is 1. The highest BCUT2D eigenvalue weighted by Gasteiger charge is 2.17. The Kier molecular flexibility index (Phi) is 2.31. The summed E-state index contributed by atoms with van der Waals surface area (Å²) >= 11 is 3.23. The van der Waals surface area contributed by atoms with Crippen LogP contribution in [-0.2, 0) is 0 Å². The van der Waals surface area contributed by atoms with Crippen molar-refractivity contribution in [3.63, 3.8) is 0 Å². The molecule has 7 heteroatoms. The Bertz CT molecular complexity index is 537. The lowest BCUT2D eigenvalue weighted by Gasteiger charge is -2.02. The molecule has 0 saturated heterocycles. The highest BCUT2D eigenvalue weighted by Crippen LogP contribution is 2.29. The van der Waals surface area contributed by atoms with E-state index in [1.807, 2.05) is 0 Å². The van der Waals surface area contributed by atoms with Gasteiger partial charge in [0.1, 0.15) is 10.3 Å². The van der Waals surface area contributed by atoms with Crippen LogP contribution in [0.1, 0.15) is 0 Å². The number of aromatic nitrogens is 2. The zero-order valence-electron chi connectivity index (χ0n) is 7.68. The standard InChI is InChI=1S/C8H6BrN3O3/c1-15-6-2-8-10-3-7(9)11(8)4-5(6)12(13)14/h2-4H,1H3. The minimum Gasteiger partial charge on any atom is -0.490 e. The van der Waals surface area contributed by atoms with E-state index in [4.69, 9.17) is 4.74 Å². The van der Waals surface area contributed by atoms with Crippen LogP contribution in [-0.4, -0.2) is 21.4 Å². The molecule has 0 radical (unpaired) electrons. The van der Waals surface area contributed by atoms with Gasteiger partial charge in [0.2, 0.25) is 5.75 Å². The highest BCUT2D eigenvalue weighted by atomic mass is 79.9. The van der Waals surface area contributed by atoms with Crippen LogP contribution >= 0.6 is 15.9 Å². The Morgan fingerprint density at radius 1 is 1.67 bits per heavy atom. The van der Waals surface area contributed by atoms with E-state index in [0.717, 1.165) is 0 Å². The monoisotopic (exact) mass is 271 g/mol. The van der Waals surface area contributed by atoms with Gasteiger partial charge in [-0.25, -0.2) is 4.98 Å². The summed E-state index contributed by atoms with van der Waals surface area (Å²) in [6, 6.07) is 1.52. The van der Waals surface area contributed by atoms with Crippen LogP contribution in [0.4, 0.5) is 5.69 Å². The van der Waals surface area contributed by atoms with Crippen LogP contribution in [0.25, 0.3) is 5.65 Å². The van der Waals surface area contributed by atoms with Crippen molar-refractivity contribution in [2.75, 3.05) is 7.11 Å². The summed E-state index contributed by atoms with van der Waals surface area (Å²) in [7, 11) is 1.39. The predicted molar refractivity (Wildman–Crippen MR) is 56.1 cm³/mol. The van der Waals surface area contributed by atoms with Crippen molar-refractivity contribution >= 4 is 27.3 Å². The Morgan fingerprint density at radius 3 is 3.00 bits per heavy atom. The second kappa shape index (κ2) is 3.50. The third-order valence-corrected chi connectivity index (χ3v) is 2.55. The molecule has 0 aromatic carbocycles. The van der Waals surface area contributed by atoms with Crippen LogP contribution in [0.3, 0.4) is 0 Å². The summed E-state index contributed by atoms with van der Waals surface area (Å²) in [6.45, 7) is 0. The molecule has 0 aliphatic rings. The average molecular weight is 272 g/mol. The molecule has 0 bridgehead atoms. The topological polar surface area (TPSA) is 69.7 Å². The smallest absolute Gasteiger partial charge is 0.327 e. The van der Waals surface area contributed by atoms with Crippen molar-refractivity contribution in [2.45, 2.75) is 0 Å². The number of hydrogen-bond donors (Lipinski definition) is 0. The van der Waals surface area contributed by atoms with Crippen LogP contribution < -0.4 is 4.74 Å². The molecule has 0 amide bonds. The van der Waals surface area contributed by atoms with Crippen molar-refractivity contribution in [1.29, 1.82) is 0 Å². The molecule has 2 aromatic heterocycles. The van der Waals surface area contributed by atoms with E-state index in [9.17, 15) is 10.1 Å². The predicted octanol–water partition coefficient (Wildman–Crippen LogP) is 2.01. The van der Waals surface area contributed by atoms with E-state index >= 15 is 0 Å². The maximum absolute atomic E-state index is 10.7. The first-order valence-corrected chi connectivity index (χ1v) is 4.78. The van der Waals surface area contributed by atoms with Gasteiger partial charge in [0.25, 0.3) is 0 Å². The third kappa shape index (κ3) is 1.54. The highest BCUT2D eigenvalue weighted by molar-refractivity contribution is 9.10. The van der Waals surface area contributed by atoms with E-state index in [0.29, 0.717) is 10.3 Å². The van der Waals surface area contributed by atoms with Gasteiger partial charge in [-0.05, 0) is 15.9 Å². The molecule has 2 heterocycles. The number of imidazole rings is 1. The molecule has 6 nitrogen and oxygen atoms in total. The fourth-order valence-corrected chi connectivity index (χ4v) is 1.65. The first kappa shape index (κ1) is 9.91. The second-order valence-corrected chi connectivity index (χ2v) is 3.61. The minimum atomic E-state index is -0.495. The molecule has 0 saturated carbocycles. The summed E-state index contributed by atoms with van der Waals surface area (Å²) in [5.74, 6) is 0.200. The summed E-state index contributed by atoms with van der Waals surface area (Å²) in [4.78, 5) is 14.3. The molecule has 78 valence electrons. The normalized spacial score (nSPS) is 10.5. The van der Waals surface area contributed by atoms with Crippen LogP contribution in [0.2, 0.25) is 0 Å². The zero-order valence-corrected chi connectivity index (χ0v) is 9.26. The van der Waals surface area contributed by atoms with E-state index < -0.39 is 4.92 Å². The molecule has 0 fully saturated rings. The zero-order chi connectivity index (χ0) is 11.0. The number of hydrogen-bond acceptors (Lipinski definition) is 4. The Morgan fingerprint density at radius 2 is 2.40 bits per heavy atom. The van der Waals surface area contributed by atoms with Gasteiger partial charge >= 0.3 is 5.69 Å². The molecule has 15 heavy (non-hydrogen) atoms. The van der Waals surface area contributed by atoms with Gasteiger partial charge in [-0.3, -0.25) is 14.5 Å². The van der Waals surface area contributed by atoms with Gasteiger partial charge in [0.05, 0.1) is 24.4 Å². The van der Waals surface area contributed by atoms with Crippen molar-refractivity contribution < 1.29 is 9.66 Å². The first-order chi connectivity index (χ1) is 7.13. The van der Waals surface area contributed by atoms with Crippen molar-refractivity contribution in [3.8, 4) is 5.75 Å². The molecule has 2 rings (SSSR count). The van der Waals surface area contributed by atoms with E-state index in [2.05, 4.69) is 20.9 Å². The fraction of sp³-hybridized carbons (Fsp3) is 0.125. The number of ether oxygens (including phenoxy) is 1.